The van der Waals surface area contributed by atoms with Crippen LogP contribution in [0.5, 0.6) is 0 Å². The van der Waals surface area contributed by atoms with Crippen LogP contribution in [0.4, 0.5) is 0 Å². The fourth-order valence-corrected chi connectivity index (χ4v) is 1.63. The maximum Gasteiger partial charge on any atom is 0.330 e. The number of rotatable bonds is 2. The third kappa shape index (κ3) is 1.67. The molecule has 0 aliphatic carbocycles. The molecular formula is C12H13NO3. The molecule has 16 heavy (non-hydrogen) atoms. The summed E-state index contributed by atoms with van der Waals surface area (Å²) in [6.45, 7) is 1.94. The topological polar surface area (TPSA) is 65.5 Å². The highest BCUT2D eigenvalue weighted by Crippen LogP contribution is 2.25. The molecule has 1 aromatic carbocycles. The van der Waals surface area contributed by atoms with Crippen molar-refractivity contribution in [2.45, 2.75) is 13.0 Å². The molecule has 1 unspecified atom stereocenters. The van der Waals surface area contributed by atoms with E-state index in [0.29, 0.717) is 5.76 Å². The predicted molar refractivity (Wildman–Crippen MR) is 59.9 cm³/mol. The van der Waals surface area contributed by atoms with Gasteiger partial charge >= 0.3 is 5.97 Å². The zero-order valence-electron chi connectivity index (χ0n) is 9.19. The number of benzene rings is 1. The SMILES string of the molecule is COC(=O)C(N)c1cc2cccc(C)c2o1. The summed E-state index contributed by atoms with van der Waals surface area (Å²) in [6.07, 6.45) is 0. The zero-order valence-corrected chi connectivity index (χ0v) is 9.19. The Morgan fingerprint density at radius 1 is 1.50 bits per heavy atom. The molecular weight excluding hydrogens is 206 g/mol. The van der Waals surface area contributed by atoms with Crippen molar-refractivity contribution < 1.29 is 13.9 Å². The molecule has 1 heterocycles. The summed E-state index contributed by atoms with van der Waals surface area (Å²) in [5.74, 6) is -0.0761. The normalized spacial score (nSPS) is 12.7. The average molecular weight is 219 g/mol. The Kier molecular flexibility index (Phi) is 2.66. The van der Waals surface area contributed by atoms with E-state index in [4.69, 9.17) is 10.2 Å². The molecule has 0 saturated heterocycles. The van der Waals surface area contributed by atoms with E-state index in [1.807, 2.05) is 25.1 Å². The van der Waals surface area contributed by atoms with Gasteiger partial charge in [0.25, 0.3) is 0 Å². The highest BCUT2D eigenvalue weighted by molar-refractivity contribution is 5.83. The number of furan rings is 1. The molecule has 0 saturated carbocycles. The van der Waals surface area contributed by atoms with Gasteiger partial charge in [0.1, 0.15) is 11.3 Å². The molecule has 0 aliphatic rings. The second kappa shape index (κ2) is 3.98. The van der Waals surface area contributed by atoms with Gasteiger partial charge in [-0.05, 0) is 18.6 Å². The minimum Gasteiger partial charge on any atom is -0.468 e. The molecule has 2 aromatic rings. The molecule has 2 N–H and O–H groups in total. The quantitative estimate of drug-likeness (QED) is 0.783. The Hall–Kier alpha value is -1.81. The van der Waals surface area contributed by atoms with Crippen molar-refractivity contribution in [1.82, 2.24) is 0 Å². The van der Waals surface area contributed by atoms with Crippen molar-refractivity contribution in [3.8, 4) is 0 Å². The number of nitrogens with two attached hydrogens (primary N) is 1. The average Bonchev–Trinajstić information content (AvgIpc) is 2.72. The lowest BCUT2D eigenvalue weighted by Gasteiger charge is -2.04. The molecule has 0 fully saturated rings. The van der Waals surface area contributed by atoms with Crippen molar-refractivity contribution in [2.24, 2.45) is 5.73 Å². The first-order valence-electron chi connectivity index (χ1n) is 4.96. The maximum absolute atomic E-state index is 11.3. The van der Waals surface area contributed by atoms with Crippen molar-refractivity contribution in [3.05, 3.63) is 35.6 Å². The van der Waals surface area contributed by atoms with E-state index >= 15 is 0 Å². The number of ether oxygens (including phenoxy) is 1. The van der Waals surface area contributed by atoms with Crippen LogP contribution >= 0.6 is 0 Å². The number of carbonyl (C=O) groups is 1. The lowest BCUT2D eigenvalue weighted by Crippen LogP contribution is -2.21. The van der Waals surface area contributed by atoms with Gasteiger partial charge in [0.05, 0.1) is 7.11 Å². The highest BCUT2D eigenvalue weighted by atomic mass is 16.5. The molecule has 0 amide bonds. The molecule has 4 nitrogen and oxygen atoms in total. The molecule has 4 heteroatoms. The van der Waals surface area contributed by atoms with E-state index in [0.717, 1.165) is 16.5 Å². The van der Waals surface area contributed by atoms with Crippen LogP contribution < -0.4 is 5.73 Å². The summed E-state index contributed by atoms with van der Waals surface area (Å²) >= 11 is 0. The van der Waals surface area contributed by atoms with E-state index in [1.54, 1.807) is 6.07 Å². The number of methoxy groups -OCH3 is 1. The fourth-order valence-electron chi connectivity index (χ4n) is 1.63. The minimum absolute atomic E-state index is 0.427. The fraction of sp³-hybridized carbons (Fsp3) is 0.250. The lowest BCUT2D eigenvalue weighted by atomic mass is 10.1. The molecule has 0 radical (unpaired) electrons. The first kappa shape index (κ1) is 10.7. The molecule has 0 spiro atoms. The second-order valence-corrected chi connectivity index (χ2v) is 3.64. The van der Waals surface area contributed by atoms with Crippen LogP contribution in [0.2, 0.25) is 0 Å². The summed E-state index contributed by atoms with van der Waals surface area (Å²) in [6, 6.07) is 6.69. The summed E-state index contributed by atoms with van der Waals surface area (Å²) in [4.78, 5) is 11.3. The first-order chi connectivity index (χ1) is 7.63. The van der Waals surface area contributed by atoms with Crippen molar-refractivity contribution in [3.63, 3.8) is 0 Å². The third-order valence-corrected chi connectivity index (χ3v) is 2.52. The van der Waals surface area contributed by atoms with Crippen LogP contribution in [0.15, 0.2) is 28.7 Å². The largest absolute Gasteiger partial charge is 0.468 e. The Labute approximate surface area is 93.0 Å². The molecule has 0 bridgehead atoms. The molecule has 2 rings (SSSR count). The van der Waals surface area contributed by atoms with E-state index in [1.165, 1.54) is 7.11 Å². The molecule has 0 aliphatic heterocycles. The molecule has 1 aromatic heterocycles. The van der Waals surface area contributed by atoms with Crippen LogP contribution in [-0.2, 0) is 9.53 Å². The Balaban J connectivity index is 2.47. The lowest BCUT2D eigenvalue weighted by molar-refractivity contribution is -0.142. The van der Waals surface area contributed by atoms with Crippen molar-refractivity contribution in [2.75, 3.05) is 7.11 Å². The van der Waals surface area contributed by atoms with Gasteiger partial charge in [0.15, 0.2) is 6.04 Å². The monoisotopic (exact) mass is 219 g/mol. The number of para-hydroxylation sites is 1. The van der Waals surface area contributed by atoms with Gasteiger partial charge < -0.3 is 14.9 Å². The standard InChI is InChI=1S/C12H13NO3/c1-7-4-3-5-8-6-9(16-11(7)8)10(13)12(14)15-2/h3-6,10H,13H2,1-2H3. The van der Waals surface area contributed by atoms with Crippen molar-refractivity contribution in [1.29, 1.82) is 0 Å². The Morgan fingerprint density at radius 3 is 2.88 bits per heavy atom. The Bertz CT molecular complexity index is 530. The van der Waals surface area contributed by atoms with Gasteiger partial charge in [0, 0.05) is 5.39 Å². The van der Waals surface area contributed by atoms with Gasteiger partial charge in [-0.25, -0.2) is 4.79 Å². The number of hydrogen-bond donors (Lipinski definition) is 1. The number of fused-ring (bicyclic) bond motifs is 1. The third-order valence-electron chi connectivity index (χ3n) is 2.52. The van der Waals surface area contributed by atoms with Crippen LogP contribution in [0, 0.1) is 6.92 Å². The van der Waals surface area contributed by atoms with E-state index in [2.05, 4.69) is 4.74 Å². The van der Waals surface area contributed by atoms with Gasteiger partial charge in [-0.3, -0.25) is 0 Å². The van der Waals surface area contributed by atoms with E-state index in [-0.39, 0.29) is 0 Å². The maximum atomic E-state index is 11.3. The van der Waals surface area contributed by atoms with E-state index in [9.17, 15) is 4.79 Å². The van der Waals surface area contributed by atoms with Gasteiger partial charge in [-0.15, -0.1) is 0 Å². The van der Waals surface area contributed by atoms with Crippen molar-refractivity contribution >= 4 is 16.9 Å². The summed E-state index contributed by atoms with van der Waals surface area (Å²) in [5, 5.41) is 0.939. The number of esters is 1. The van der Waals surface area contributed by atoms with Crippen LogP contribution in [0.3, 0.4) is 0 Å². The zero-order chi connectivity index (χ0) is 11.7. The smallest absolute Gasteiger partial charge is 0.330 e. The molecule has 84 valence electrons. The molecule has 1 atom stereocenters. The van der Waals surface area contributed by atoms with E-state index < -0.39 is 12.0 Å². The summed E-state index contributed by atoms with van der Waals surface area (Å²) in [7, 11) is 1.30. The summed E-state index contributed by atoms with van der Waals surface area (Å²) in [5.41, 5.74) is 7.47. The summed E-state index contributed by atoms with van der Waals surface area (Å²) < 4.78 is 10.1. The first-order valence-corrected chi connectivity index (χ1v) is 4.96. The Morgan fingerprint density at radius 2 is 2.25 bits per heavy atom. The number of aryl methyl sites for hydroxylation is 1. The highest BCUT2D eigenvalue weighted by Gasteiger charge is 2.20. The predicted octanol–water partition coefficient (Wildman–Crippen LogP) is 1.91. The van der Waals surface area contributed by atoms with Crippen LogP contribution in [0.25, 0.3) is 11.0 Å². The van der Waals surface area contributed by atoms with Crippen LogP contribution in [0.1, 0.15) is 17.4 Å². The van der Waals surface area contributed by atoms with Gasteiger partial charge in [-0.2, -0.15) is 0 Å². The minimum atomic E-state index is -0.864. The number of hydrogen-bond acceptors (Lipinski definition) is 4. The number of carbonyl (C=O) groups excluding carboxylic acids is 1. The van der Waals surface area contributed by atoms with Crippen LogP contribution in [-0.4, -0.2) is 13.1 Å². The van der Waals surface area contributed by atoms with Gasteiger partial charge in [0.2, 0.25) is 0 Å². The second-order valence-electron chi connectivity index (χ2n) is 3.64. The van der Waals surface area contributed by atoms with Gasteiger partial charge in [-0.1, -0.05) is 18.2 Å².